The van der Waals surface area contributed by atoms with Gasteiger partial charge in [0.25, 0.3) is 0 Å². The van der Waals surface area contributed by atoms with Gasteiger partial charge < -0.3 is 25.4 Å². The second-order valence-corrected chi connectivity index (χ2v) is 13.2. The van der Waals surface area contributed by atoms with E-state index in [2.05, 4.69) is 30.3 Å². The molecule has 0 heterocycles. The molecule has 0 aliphatic rings. The van der Waals surface area contributed by atoms with Crippen LogP contribution in [0.4, 0.5) is 9.59 Å². The molecule has 0 unspecified atom stereocenters. The van der Waals surface area contributed by atoms with Crippen LogP contribution in [0.25, 0.3) is 16.8 Å². The van der Waals surface area contributed by atoms with Crippen molar-refractivity contribution in [2.24, 2.45) is 5.73 Å². The molecule has 0 aromatic heterocycles. The van der Waals surface area contributed by atoms with Crippen molar-refractivity contribution in [2.75, 3.05) is 33.2 Å². The molecule has 0 aliphatic heterocycles. The van der Waals surface area contributed by atoms with E-state index in [1.54, 1.807) is 0 Å². The van der Waals surface area contributed by atoms with E-state index in [4.69, 9.17) is 15.2 Å². The zero-order chi connectivity index (χ0) is 37.0. The van der Waals surface area contributed by atoms with Crippen molar-refractivity contribution < 1.29 is 23.9 Å². The Hall–Kier alpha value is -5.15. The monoisotopic (exact) mass is 706 g/mol. The summed E-state index contributed by atoms with van der Waals surface area (Å²) in [5.74, 6) is -0.566. The SMILES string of the molecule is CCCCCCN(C)CCCN(C(=O)OCc1ccccc1)[C@@H](Cc1ccc2cc(/C=C/CCNC(=O)OCc3ccccc3)ccc2c1)C(N)=O. The molecule has 1 atom stereocenters. The number of primary amides is 1. The number of benzene rings is 4. The number of amides is 3. The van der Waals surface area contributed by atoms with E-state index in [9.17, 15) is 14.4 Å². The fourth-order valence-corrected chi connectivity index (χ4v) is 5.99. The first-order valence-electron chi connectivity index (χ1n) is 18.4. The minimum atomic E-state index is -0.859. The number of fused-ring (bicyclic) bond motifs is 1. The van der Waals surface area contributed by atoms with Crippen LogP contribution in [0, 0.1) is 0 Å². The third-order valence-electron chi connectivity index (χ3n) is 8.94. The normalized spacial score (nSPS) is 11.8. The molecule has 0 saturated heterocycles. The maximum atomic E-state index is 13.5. The summed E-state index contributed by atoms with van der Waals surface area (Å²) >= 11 is 0. The molecule has 0 spiro atoms. The number of alkyl carbamates (subject to hydrolysis) is 1. The fourth-order valence-electron chi connectivity index (χ4n) is 5.99. The van der Waals surface area contributed by atoms with Crippen molar-refractivity contribution in [3.8, 4) is 0 Å². The molecule has 3 amide bonds. The van der Waals surface area contributed by atoms with Crippen molar-refractivity contribution in [1.29, 1.82) is 0 Å². The smallest absolute Gasteiger partial charge is 0.410 e. The maximum Gasteiger partial charge on any atom is 0.410 e. The summed E-state index contributed by atoms with van der Waals surface area (Å²) in [6, 6.07) is 30.4. The number of nitrogens with one attached hydrogen (secondary N) is 1. The Morgan fingerprint density at radius 1 is 0.750 bits per heavy atom. The molecule has 3 N–H and O–H groups in total. The van der Waals surface area contributed by atoms with Crippen molar-refractivity contribution in [3.63, 3.8) is 0 Å². The molecule has 0 fully saturated rings. The molecule has 4 aromatic carbocycles. The lowest BCUT2D eigenvalue weighted by atomic mass is 9.99. The predicted molar refractivity (Wildman–Crippen MR) is 209 cm³/mol. The van der Waals surface area contributed by atoms with Crippen molar-refractivity contribution in [1.82, 2.24) is 15.1 Å². The quantitative estimate of drug-likeness (QED) is 0.0847. The Bertz CT molecular complexity index is 1710. The average Bonchev–Trinajstić information content (AvgIpc) is 3.16. The molecule has 9 nitrogen and oxygen atoms in total. The highest BCUT2D eigenvalue weighted by Crippen LogP contribution is 2.21. The van der Waals surface area contributed by atoms with Crippen LogP contribution >= 0.6 is 0 Å². The molecule has 276 valence electrons. The molecule has 4 rings (SSSR count). The number of carbonyl (C=O) groups excluding carboxylic acids is 3. The number of hydrogen-bond donors (Lipinski definition) is 2. The van der Waals surface area contributed by atoms with E-state index in [-0.39, 0.29) is 19.6 Å². The van der Waals surface area contributed by atoms with E-state index in [0.717, 1.165) is 52.5 Å². The second-order valence-electron chi connectivity index (χ2n) is 13.2. The van der Waals surface area contributed by atoms with Crippen LogP contribution < -0.4 is 11.1 Å². The lowest BCUT2D eigenvalue weighted by Gasteiger charge is -2.30. The molecule has 52 heavy (non-hydrogen) atoms. The summed E-state index contributed by atoms with van der Waals surface area (Å²) < 4.78 is 11.0. The van der Waals surface area contributed by atoms with E-state index < -0.39 is 24.1 Å². The molecular formula is C43H54N4O5. The Morgan fingerprint density at radius 3 is 2.10 bits per heavy atom. The van der Waals surface area contributed by atoms with Gasteiger partial charge in [-0.3, -0.25) is 9.69 Å². The highest BCUT2D eigenvalue weighted by molar-refractivity contribution is 5.87. The largest absolute Gasteiger partial charge is 0.445 e. The number of nitrogens with zero attached hydrogens (tertiary/aromatic N) is 2. The Balaban J connectivity index is 1.34. The van der Waals surface area contributed by atoms with Crippen molar-refractivity contribution >= 4 is 34.9 Å². The van der Waals surface area contributed by atoms with Gasteiger partial charge in [-0.2, -0.15) is 0 Å². The van der Waals surface area contributed by atoms with Crippen LogP contribution in [0.15, 0.2) is 103 Å². The fraction of sp³-hybridized carbons (Fsp3) is 0.372. The number of unbranched alkanes of at least 4 members (excludes halogenated alkanes) is 3. The van der Waals surface area contributed by atoms with Crippen LogP contribution in [-0.4, -0.2) is 67.2 Å². The standard InChI is InChI=1S/C43H54N4O5/c1-3-4-5-14-26-46(2)27-15-28-47(43(50)52-33-36-19-10-7-11-20-36)40(41(44)48)31-37-22-24-38-29-34(21-23-39(38)30-37)16-12-13-25-45-42(49)51-32-35-17-8-6-9-18-35/h6-12,16-24,29-30,40H,3-5,13-15,25-28,31-33H2,1-2H3,(H2,44,48)(H,45,49)/b16-12+/t40-/m0/s1. The molecule has 9 heteroatoms. The van der Waals surface area contributed by atoms with Gasteiger partial charge in [0.2, 0.25) is 5.91 Å². The molecule has 4 aromatic rings. The summed E-state index contributed by atoms with van der Waals surface area (Å²) in [6.07, 6.45) is 9.46. The summed E-state index contributed by atoms with van der Waals surface area (Å²) in [4.78, 5) is 42.2. The molecule has 0 bridgehead atoms. The van der Waals surface area contributed by atoms with E-state index in [1.807, 2.05) is 103 Å². The van der Waals surface area contributed by atoms with Crippen molar-refractivity contribution in [2.45, 2.75) is 71.1 Å². The van der Waals surface area contributed by atoms with Gasteiger partial charge in [0.1, 0.15) is 19.3 Å². The van der Waals surface area contributed by atoms with Crippen LogP contribution in [0.3, 0.4) is 0 Å². The number of rotatable bonds is 21. The van der Waals surface area contributed by atoms with E-state index in [0.29, 0.717) is 25.9 Å². The summed E-state index contributed by atoms with van der Waals surface area (Å²) in [5.41, 5.74) is 9.72. The second kappa shape index (κ2) is 21.9. The lowest BCUT2D eigenvalue weighted by molar-refractivity contribution is -0.122. The first kappa shape index (κ1) is 39.6. The zero-order valence-corrected chi connectivity index (χ0v) is 30.7. The van der Waals surface area contributed by atoms with Gasteiger partial charge in [-0.25, -0.2) is 9.59 Å². The van der Waals surface area contributed by atoms with Gasteiger partial charge >= 0.3 is 12.2 Å². The Labute approximate surface area is 308 Å². The van der Waals surface area contributed by atoms with Crippen LogP contribution in [0.1, 0.15) is 67.7 Å². The first-order valence-corrected chi connectivity index (χ1v) is 18.4. The molecular weight excluding hydrogens is 652 g/mol. The Morgan fingerprint density at radius 2 is 1.40 bits per heavy atom. The molecule has 0 radical (unpaired) electrons. The highest BCUT2D eigenvalue weighted by Gasteiger charge is 2.29. The topological polar surface area (TPSA) is 114 Å². The zero-order valence-electron chi connectivity index (χ0n) is 30.7. The predicted octanol–water partition coefficient (Wildman–Crippen LogP) is 8.11. The number of nitrogens with two attached hydrogens (primary N) is 1. The maximum absolute atomic E-state index is 13.5. The van der Waals surface area contributed by atoms with Gasteiger partial charge in [-0.1, -0.05) is 129 Å². The van der Waals surface area contributed by atoms with Gasteiger partial charge in [0.05, 0.1) is 0 Å². The summed E-state index contributed by atoms with van der Waals surface area (Å²) in [7, 11) is 2.09. The van der Waals surface area contributed by atoms with Gasteiger partial charge in [-0.15, -0.1) is 0 Å². The number of ether oxygens (including phenoxy) is 2. The number of hydrogen-bond acceptors (Lipinski definition) is 6. The summed E-state index contributed by atoms with van der Waals surface area (Å²) in [5, 5.41) is 4.84. The van der Waals surface area contributed by atoms with Crippen molar-refractivity contribution in [3.05, 3.63) is 125 Å². The van der Waals surface area contributed by atoms with Gasteiger partial charge in [-0.05, 0) is 78.5 Å². The summed E-state index contributed by atoms with van der Waals surface area (Å²) in [6.45, 7) is 5.17. The van der Waals surface area contributed by atoms with E-state index >= 15 is 0 Å². The van der Waals surface area contributed by atoms with Gasteiger partial charge in [0, 0.05) is 19.5 Å². The van der Waals surface area contributed by atoms with Crippen LogP contribution in [-0.2, 0) is 33.9 Å². The average molecular weight is 707 g/mol. The molecule has 0 saturated carbocycles. The van der Waals surface area contributed by atoms with E-state index in [1.165, 1.54) is 24.2 Å². The third-order valence-corrected chi connectivity index (χ3v) is 8.94. The van der Waals surface area contributed by atoms with Gasteiger partial charge in [0.15, 0.2) is 0 Å². The Kier molecular flexibility index (Phi) is 16.7. The minimum Gasteiger partial charge on any atom is -0.445 e. The van der Waals surface area contributed by atoms with Crippen LogP contribution in [0.5, 0.6) is 0 Å². The minimum absolute atomic E-state index is 0.115. The third kappa shape index (κ3) is 13.9. The highest BCUT2D eigenvalue weighted by atomic mass is 16.6. The lowest BCUT2D eigenvalue weighted by Crippen LogP contribution is -2.50. The number of carbonyl (C=O) groups is 3. The first-order chi connectivity index (χ1) is 25.3. The van der Waals surface area contributed by atoms with Crippen LogP contribution in [0.2, 0.25) is 0 Å². The molecule has 0 aliphatic carbocycles.